The Balaban J connectivity index is 1.43. The molecule has 162 valence electrons. The summed E-state index contributed by atoms with van der Waals surface area (Å²) < 4.78 is 29.2. The predicted molar refractivity (Wildman–Crippen MR) is 122 cm³/mol. The lowest BCUT2D eigenvalue weighted by atomic mass is 10.1. The normalized spacial score (nSPS) is 15.1. The van der Waals surface area contributed by atoms with Gasteiger partial charge in [0.25, 0.3) is 5.56 Å². The van der Waals surface area contributed by atoms with Crippen LogP contribution in [0.4, 0.5) is 8.78 Å². The van der Waals surface area contributed by atoms with E-state index in [0.717, 1.165) is 52.9 Å². The molecule has 0 fully saturated rings. The molecule has 0 aliphatic heterocycles. The number of aryl methyl sites for hydroxylation is 1. The molecular weight excluding hydrogens is 452 g/mol. The maximum absolute atomic E-state index is 13.8. The zero-order valence-corrected chi connectivity index (χ0v) is 18.3. The molecule has 1 aliphatic rings. The zero-order valence-electron chi connectivity index (χ0n) is 16.7. The Labute approximate surface area is 190 Å². The van der Waals surface area contributed by atoms with Crippen molar-refractivity contribution in [3.8, 4) is 5.69 Å². The first-order valence-corrected chi connectivity index (χ1v) is 11.8. The summed E-state index contributed by atoms with van der Waals surface area (Å²) in [5.41, 5.74) is 2.44. The van der Waals surface area contributed by atoms with Crippen LogP contribution in [0.15, 0.2) is 63.9 Å². The molecule has 2 aromatic carbocycles. The highest BCUT2D eigenvalue weighted by atomic mass is 32.2. The molecule has 2 aromatic heterocycles. The van der Waals surface area contributed by atoms with Crippen molar-refractivity contribution < 1.29 is 13.6 Å². The van der Waals surface area contributed by atoms with Gasteiger partial charge in [-0.3, -0.25) is 14.2 Å². The summed E-state index contributed by atoms with van der Waals surface area (Å²) in [6.45, 7) is 0. The molecular formula is C23H17F2N3O2S2. The van der Waals surface area contributed by atoms with Crippen molar-refractivity contribution in [2.24, 2.45) is 0 Å². The van der Waals surface area contributed by atoms with Crippen LogP contribution in [0.3, 0.4) is 0 Å². The van der Waals surface area contributed by atoms with Gasteiger partial charge in [0, 0.05) is 6.07 Å². The van der Waals surface area contributed by atoms with Crippen molar-refractivity contribution in [3.05, 3.63) is 87.0 Å². The molecule has 1 unspecified atom stereocenters. The molecule has 5 nitrogen and oxygen atoms in total. The van der Waals surface area contributed by atoms with Crippen molar-refractivity contribution in [2.75, 3.05) is 5.75 Å². The Morgan fingerprint density at radius 3 is 2.78 bits per heavy atom. The average molecular weight is 470 g/mol. The first-order chi connectivity index (χ1) is 15.5. The second-order valence-electron chi connectivity index (χ2n) is 7.44. The molecule has 1 N–H and O–H groups in total. The van der Waals surface area contributed by atoms with Crippen LogP contribution in [0.25, 0.3) is 15.9 Å². The molecule has 4 aromatic rings. The van der Waals surface area contributed by atoms with Crippen LogP contribution in [0.5, 0.6) is 0 Å². The number of rotatable bonds is 5. The van der Waals surface area contributed by atoms with E-state index in [1.165, 1.54) is 16.9 Å². The van der Waals surface area contributed by atoms with Crippen molar-refractivity contribution in [2.45, 2.75) is 24.0 Å². The Morgan fingerprint density at radius 1 is 1.19 bits per heavy atom. The lowest BCUT2D eigenvalue weighted by Gasteiger charge is -2.15. The molecule has 0 radical (unpaired) electrons. The number of carbonyl (C=O) groups excluding carboxylic acids is 1. The van der Waals surface area contributed by atoms with Crippen molar-refractivity contribution >= 4 is 39.2 Å². The number of amides is 1. The zero-order chi connectivity index (χ0) is 22.2. The van der Waals surface area contributed by atoms with Gasteiger partial charge in [-0.1, -0.05) is 36.0 Å². The highest BCUT2D eigenvalue weighted by Gasteiger charge is 2.24. The Hall–Kier alpha value is -3.04. The van der Waals surface area contributed by atoms with Crippen LogP contribution < -0.4 is 10.9 Å². The van der Waals surface area contributed by atoms with Crippen LogP contribution >= 0.6 is 23.1 Å². The van der Waals surface area contributed by atoms with Crippen molar-refractivity contribution in [1.29, 1.82) is 0 Å². The lowest BCUT2D eigenvalue weighted by molar-refractivity contribution is -0.119. The van der Waals surface area contributed by atoms with E-state index in [9.17, 15) is 18.4 Å². The number of fused-ring (bicyclic) bond motifs is 2. The van der Waals surface area contributed by atoms with E-state index in [4.69, 9.17) is 0 Å². The molecule has 1 atom stereocenters. The second kappa shape index (κ2) is 8.48. The molecule has 9 heteroatoms. The fourth-order valence-corrected chi connectivity index (χ4v) is 5.54. The van der Waals surface area contributed by atoms with Crippen LogP contribution in [0, 0.1) is 11.6 Å². The molecule has 0 saturated carbocycles. The van der Waals surface area contributed by atoms with Gasteiger partial charge in [-0.15, -0.1) is 11.3 Å². The first kappa shape index (κ1) is 20.8. The third-order valence-electron chi connectivity index (χ3n) is 5.36. The van der Waals surface area contributed by atoms with Crippen LogP contribution in [0.2, 0.25) is 0 Å². The summed E-state index contributed by atoms with van der Waals surface area (Å²) in [6, 6.07) is 12.6. The van der Waals surface area contributed by atoms with Gasteiger partial charge in [-0.05, 0) is 47.5 Å². The number of thiophene rings is 1. The second-order valence-corrected chi connectivity index (χ2v) is 9.30. The molecule has 0 spiro atoms. The summed E-state index contributed by atoms with van der Waals surface area (Å²) in [5.74, 6) is -1.79. The fraction of sp³-hybridized carbons (Fsp3) is 0.174. The highest BCUT2D eigenvalue weighted by Crippen LogP contribution is 2.31. The van der Waals surface area contributed by atoms with Gasteiger partial charge in [-0.2, -0.15) is 0 Å². The Bertz CT molecular complexity index is 1380. The number of halogens is 2. The standard InChI is InChI=1S/C23H17F2N3O2S2/c24-14-9-15(25)11-16(10-14)28-22(30)21-19(7-8-31-21)27-23(28)32-12-20(29)26-18-6-5-13-3-1-2-4-17(13)18/h1-4,7-11,18H,5-6,12H2,(H,26,29). The van der Waals surface area contributed by atoms with Gasteiger partial charge in [-0.25, -0.2) is 13.8 Å². The topological polar surface area (TPSA) is 64.0 Å². The van der Waals surface area contributed by atoms with E-state index in [1.807, 2.05) is 18.2 Å². The largest absolute Gasteiger partial charge is 0.349 e. The quantitative estimate of drug-likeness (QED) is 0.342. The maximum atomic E-state index is 13.8. The number of benzene rings is 2. The van der Waals surface area contributed by atoms with E-state index in [0.29, 0.717) is 10.2 Å². The van der Waals surface area contributed by atoms with Gasteiger partial charge in [0.2, 0.25) is 5.91 Å². The summed E-state index contributed by atoms with van der Waals surface area (Å²) in [5, 5.41) is 4.97. The molecule has 1 amide bonds. The van der Waals surface area contributed by atoms with E-state index < -0.39 is 17.2 Å². The van der Waals surface area contributed by atoms with Gasteiger partial charge in [0.05, 0.1) is 23.0 Å². The third-order valence-corrected chi connectivity index (χ3v) is 7.19. The minimum atomic E-state index is -0.799. The number of aromatic nitrogens is 2. The van der Waals surface area contributed by atoms with Gasteiger partial charge in [0.1, 0.15) is 16.3 Å². The summed E-state index contributed by atoms with van der Waals surface area (Å²) in [4.78, 5) is 30.2. The van der Waals surface area contributed by atoms with E-state index >= 15 is 0 Å². The number of nitrogens with one attached hydrogen (secondary N) is 1. The molecule has 5 rings (SSSR count). The van der Waals surface area contributed by atoms with Gasteiger partial charge < -0.3 is 5.32 Å². The molecule has 0 saturated heterocycles. The minimum absolute atomic E-state index is 0.0124. The van der Waals surface area contributed by atoms with E-state index in [-0.39, 0.29) is 28.5 Å². The first-order valence-electron chi connectivity index (χ1n) is 9.96. The molecule has 0 bridgehead atoms. The summed E-state index contributed by atoms with van der Waals surface area (Å²) >= 11 is 2.27. The number of hydrogen-bond donors (Lipinski definition) is 1. The van der Waals surface area contributed by atoms with Crippen molar-refractivity contribution in [3.63, 3.8) is 0 Å². The van der Waals surface area contributed by atoms with Crippen molar-refractivity contribution in [1.82, 2.24) is 14.9 Å². The van der Waals surface area contributed by atoms with Crippen LogP contribution in [-0.2, 0) is 11.2 Å². The molecule has 2 heterocycles. The third kappa shape index (κ3) is 3.93. The maximum Gasteiger partial charge on any atom is 0.276 e. The SMILES string of the molecule is O=C(CSc1nc2ccsc2c(=O)n1-c1cc(F)cc(F)c1)NC1CCc2ccccc21. The summed E-state index contributed by atoms with van der Waals surface area (Å²) in [7, 11) is 0. The average Bonchev–Trinajstić information content (AvgIpc) is 3.39. The number of hydrogen-bond acceptors (Lipinski definition) is 5. The number of nitrogens with zero attached hydrogens (tertiary/aromatic N) is 2. The van der Waals surface area contributed by atoms with E-state index in [1.54, 1.807) is 11.4 Å². The highest BCUT2D eigenvalue weighted by molar-refractivity contribution is 7.99. The van der Waals surface area contributed by atoms with E-state index in [2.05, 4.69) is 16.4 Å². The number of carbonyl (C=O) groups is 1. The number of thioether (sulfide) groups is 1. The molecule has 32 heavy (non-hydrogen) atoms. The smallest absolute Gasteiger partial charge is 0.276 e. The van der Waals surface area contributed by atoms with Crippen LogP contribution in [0.1, 0.15) is 23.6 Å². The monoisotopic (exact) mass is 469 g/mol. The fourth-order valence-electron chi connectivity index (χ4n) is 3.96. The van der Waals surface area contributed by atoms with Gasteiger partial charge in [0.15, 0.2) is 5.16 Å². The minimum Gasteiger partial charge on any atom is -0.349 e. The summed E-state index contributed by atoms with van der Waals surface area (Å²) in [6.07, 6.45) is 1.75. The van der Waals surface area contributed by atoms with Gasteiger partial charge >= 0.3 is 0 Å². The lowest BCUT2D eigenvalue weighted by Crippen LogP contribution is -2.29. The predicted octanol–water partition coefficient (Wildman–Crippen LogP) is 4.62. The molecule has 1 aliphatic carbocycles. The van der Waals surface area contributed by atoms with Crippen LogP contribution in [-0.4, -0.2) is 21.2 Å². The Morgan fingerprint density at radius 2 is 1.97 bits per heavy atom. The Kier molecular flexibility index (Phi) is 5.52.